The Morgan fingerprint density at radius 1 is 1.19 bits per heavy atom. The summed E-state index contributed by atoms with van der Waals surface area (Å²) < 4.78 is 0. The molecular weight excluding hydrogens is 200 g/mol. The molecule has 0 amide bonds. The molecule has 0 aliphatic heterocycles. The van der Waals surface area contributed by atoms with Gasteiger partial charge in [0.25, 0.3) is 0 Å². The zero-order valence-corrected chi connectivity index (χ0v) is 9.86. The van der Waals surface area contributed by atoms with E-state index in [0.29, 0.717) is 0 Å². The minimum atomic E-state index is -0.706. The molecule has 1 atom stereocenters. The molecule has 0 aromatic heterocycles. The van der Waals surface area contributed by atoms with Crippen LogP contribution in [0.25, 0.3) is 0 Å². The van der Waals surface area contributed by atoms with Gasteiger partial charge in [-0.05, 0) is 12.0 Å². The average molecular weight is 220 g/mol. The fourth-order valence-corrected chi connectivity index (χ4v) is 1.89. The Labute approximate surface area is 97.3 Å². The normalized spacial score (nSPS) is 12.3. The van der Waals surface area contributed by atoms with Crippen molar-refractivity contribution in [1.82, 2.24) is 0 Å². The molecule has 88 valence electrons. The SMILES string of the molecule is CCCCCC[C@H](C(=O)O)c1ccccc1. The van der Waals surface area contributed by atoms with Crippen LogP contribution in [0.2, 0.25) is 0 Å². The van der Waals surface area contributed by atoms with Crippen LogP contribution in [-0.2, 0) is 4.79 Å². The summed E-state index contributed by atoms with van der Waals surface area (Å²) in [5, 5.41) is 9.18. The molecule has 1 aromatic rings. The van der Waals surface area contributed by atoms with Crippen LogP contribution in [0.4, 0.5) is 0 Å². The maximum atomic E-state index is 11.2. The highest BCUT2D eigenvalue weighted by atomic mass is 16.4. The summed E-state index contributed by atoms with van der Waals surface area (Å²) in [5.74, 6) is -1.04. The van der Waals surface area contributed by atoms with E-state index in [9.17, 15) is 9.90 Å². The van der Waals surface area contributed by atoms with Gasteiger partial charge in [0.15, 0.2) is 0 Å². The third kappa shape index (κ3) is 4.05. The van der Waals surface area contributed by atoms with Crippen molar-refractivity contribution in [1.29, 1.82) is 0 Å². The third-order valence-corrected chi connectivity index (χ3v) is 2.85. The van der Waals surface area contributed by atoms with Gasteiger partial charge in [-0.2, -0.15) is 0 Å². The molecule has 1 aromatic carbocycles. The molecule has 0 heterocycles. The second kappa shape index (κ2) is 7.04. The van der Waals surface area contributed by atoms with Gasteiger partial charge in [-0.3, -0.25) is 4.79 Å². The predicted octanol–water partition coefficient (Wildman–Crippen LogP) is 3.83. The Morgan fingerprint density at radius 2 is 1.88 bits per heavy atom. The smallest absolute Gasteiger partial charge is 0.310 e. The quantitative estimate of drug-likeness (QED) is 0.709. The van der Waals surface area contributed by atoms with Crippen LogP contribution in [0.3, 0.4) is 0 Å². The number of benzene rings is 1. The third-order valence-electron chi connectivity index (χ3n) is 2.85. The molecule has 0 unspecified atom stereocenters. The van der Waals surface area contributed by atoms with Gasteiger partial charge in [-0.15, -0.1) is 0 Å². The predicted molar refractivity (Wildman–Crippen MR) is 65.6 cm³/mol. The van der Waals surface area contributed by atoms with Gasteiger partial charge in [0.05, 0.1) is 5.92 Å². The molecule has 0 spiro atoms. The fourth-order valence-electron chi connectivity index (χ4n) is 1.89. The highest BCUT2D eigenvalue weighted by Crippen LogP contribution is 2.22. The molecule has 0 aliphatic rings. The van der Waals surface area contributed by atoms with Crippen LogP contribution in [0.5, 0.6) is 0 Å². The minimum absolute atomic E-state index is 0.335. The number of carboxylic acid groups (broad SMARTS) is 1. The number of aliphatic carboxylic acids is 1. The van der Waals surface area contributed by atoms with Crippen LogP contribution < -0.4 is 0 Å². The van der Waals surface area contributed by atoms with E-state index in [1.165, 1.54) is 12.8 Å². The van der Waals surface area contributed by atoms with Crippen molar-refractivity contribution in [3.05, 3.63) is 35.9 Å². The first-order valence-corrected chi connectivity index (χ1v) is 6.03. The minimum Gasteiger partial charge on any atom is -0.481 e. The molecule has 1 N–H and O–H groups in total. The first-order chi connectivity index (χ1) is 7.75. The summed E-state index contributed by atoms with van der Waals surface area (Å²) in [6.07, 6.45) is 5.26. The van der Waals surface area contributed by atoms with Gasteiger partial charge in [0.2, 0.25) is 0 Å². The van der Waals surface area contributed by atoms with Crippen molar-refractivity contribution < 1.29 is 9.90 Å². The van der Waals surface area contributed by atoms with Crippen molar-refractivity contribution in [2.24, 2.45) is 0 Å². The summed E-state index contributed by atoms with van der Waals surface area (Å²) in [6, 6.07) is 9.52. The number of rotatable bonds is 7. The molecule has 0 saturated carbocycles. The van der Waals surface area contributed by atoms with Crippen LogP contribution in [-0.4, -0.2) is 11.1 Å². The van der Waals surface area contributed by atoms with E-state index in [-0.39, 0.29) is 5.92 Å². The molecule has 2 nitrogen and oxygen atoms in total. The van der Waals surface area contributed by atoms with Gasteiger partial charge < -0.3 is 5.11 Å². The summed E-state index contributed by atoms with van der Waals surface area (Å²) >= 11 is 0. The zero-order chi connectivity index (χ0) is 11.8. The van der Waals surface area contributed by atoms with E-state index in [0.717, 1.165) is 24.8 Å². The summed E-state index contributed by atoms with van der Waals surface area (Å²) in [5.41, 5.74) is 0.923. The summed E-state index contributed by atoms with van der Waals surface area (Å²) in [4.78, 5) is 11.2. The number of unbranched alkanes of at least 4 members (excludes halogenated alkanes) is 3. The first-order valence-electron chi connectivity index (χ1n) is 6.03. The Balaban J connectivity index is 2.52. The van der Waals surface area contributed by atoms with E-state index in [1.807, 2.05) is 30.3 Å². The molecular formula is C14H20O2. The fraction of sp³-hybridized carbons (Fsp3) is 0.500. The van der Waals surface area contributed by atoms with Crippen molar-refractivity contribution >= 4 is 5.97 Å². The van der Waals surface area contributed by atoms with Crippen LogP contribution in [0, 0.1) is 0 Å². The molecule has 0 bridgehead atoms. The lowest BCUT2D eigenvalue weighted by atomic mass is 9.93. The number of carboxylic acids is 1. The molecule has 16 heavy (non-hydrogen) atoms. The highest BCUT2D eigenvalue weighted by molar-refractivity contribution is 5.75. The zero-order valence-electron chi connectivity index (χ0n) is 9.86. The van der Waals surface area contributed by atoms with Gasteiger partial charge >= 0.3 is 5.97 Å². The van der Waals surface area contributed by atoms with Gasteiger partial charge in [-0.1, -0.05) is 62.9 Å². The molecule has 1 rings (SSSR count). The topological polar surface area (TPSA) is 37.3 Å². The Bertz CT molecular complexity index is 306. The summed E-state index contributed by atoms with van der Waals surface area (Å²) in [7, 11) is 0. The number of carbonyl (C=O) groups is 1. The van der Waals surface area contributed by atoms with Crippen molar-refractivity contribution in [3.8, 4) is 0 Å². The van der Waals surface area contributed by atoms with Gasteiger partial charge in [-0.25, -0.2) is 0 Å². The largest absolute Gasteiger partial charge is 0.481 e. The lowest BCUT2D eigenvalue weighted by molar-refractivity contribution is -0.139. The van der Waals surface area contributed by atoms with Crippen LogP contribution >= 0.6 is 0 Å². The van der Waals surface area contributed by atoms with E-state index < -0.39 is 5.97 Å². The van der Waals surface area contributed by atoms with Crippen molar-refractivity contribution in [2.75, 3.05) is 0 Å². The van der Waals surface area contributed by atoms with Gasteiger partial charge in [0, 0.05) is 0 Å². The van der Waals surface area contributed by atoms with Crippen molar-refractivity contribution in [2.45, 2.75) is 44.9 Å². The number of hydrogen-bond donors (Lipinski definition) is 1. The Hall–Kier alpha value is -1.31. The summed E-state index contributed by atoms with van der Waals surface area (Å²) in [6.45, 7) is 2.16. The highest BCUT2D eigenvalue weighted by Gasteiger charge is 2.18. The lowest BCUT2D eigenvalue weighted by Crippen LogP contribution is -2.11. The monoisotopic (exact) mass is 220 g/mol. The molecule has 0 aliphatic carbocycles. The maximum Gasteiger partial charge on any atom is 0.310 e. The average Bonchev–Trinajstić information content (AvgIpc) is 2.30. The van der Waals surface area contributed by atoms with E-state index >= 15 is 0 Å². The van der Waals surface area contributed by atoms with Crippen LogP contribution in [0.15, 0.2) is 30.3 Å². The standard InChI is InChI=1S/C14H20O2/c1-2-3-4-8-11-13(14(15)16)12-9-6-5-7-10-12/h5-7,9-10,13H,2-4,8,11H2,1H3,(H,15,16)/t13-/m0/s1. The van der Waals surface area contributed by atoms with E-state index in [1.54, 1.807) is 0 Å². The Kier molecular flexibility index (Phi) is 5.62. The molecule has 2 heteroatoms. The van der Waals surface area contributed by atoms with E-state index in [4.69, 9.17) is 0 Å². The maximum absolute atomic E-state index is 11.2. The molecule has 0 saturated heterocycles. The molecule has 0 radical (unpaired) electrons. The number of hydrogen-bond acceptors (Lipinski definition) is 1. The van der Waals surface area contributed by atoms with Crippen LogP contribution in [0.1, 0.15) is 50.5 Å². The lowest BCUT2D eigenvalue weighted by Gasteiger charge is -2.12. The Morgan fingerprint density at radius 3 is 2.44 bits per heavy atom. The van der Waals surface area contributed by atoms with Crippen molar-refractivity contribution in [3.63, 3.8) is 0 Å². The second-order valence-electron chi connectivity index (χ2n) is 4.15. The first kappa shape index (κ1) is 12.8. The molecule has 0 fully saturated rings. The van der Waals surface area contributed by atoms with E-state index in [2.05, 4.69) is 6.92 Å². The van der Waals surface area contributed by atoms with Gasteiger partial charge in [0.1, 0.15) is 0 Å². The second-order valence-corrected chi connectivity index (χ2v) is 4.15.